The molecule has 5 N–H and O–H groups in total. The van der Waals surface area contributed by atoms with Crippen LogP contribution in [-0.4, -0.2) is 29.3 Å². The van der Waals surface area contributed by atoms with E-state index in [4.69, 9.17) is 17.0 Å². The Labute approximate surface area is 244 Å². The number of ketones is 1. The molecule has 1 rings (SSSR count). The first-order chi connectivity index (χ1) is 17.9. The highest BCUT2D eigenvalue weighted by molar-refractivity contribution is 5.81. The Hall–Kier alpha value is -1.26. The zero-order chi connectivity index (χ0) is 30.6. The number of terminal acetylenes is 1. The molecule has 1 aliphatic rings. The molecular formula is C33H70FN3O2. The molecule has 3 unspecified atom stereocenters. The van der Waals surface area contributed by atoms with E-state index in [1.54, 1.807) is 0 Å². The monoisotopic (exact) mass is 560 g/mol. The summed E-state index contributed by atoms with van der Waals surface area (Å²) in [7, 11) is 0. The highest BCUT2D eigenvalue weighted by atomic mass is 19.2. The Balaban J connectivity index is -0.000000175. The van der Waals surface area contributed by atoms with E-state index in [1.807, 2.05) is 41.5 Å². The van der Waals surface area contributed by atoms with Crippen molar-refractivity contribution in [2.24, 2.45) is 11.1 Å². The summed E-state index contributed by atoms with van der Waals surface area (Å²) in [6.45, 7) is 25.8. The first-order valence-electron chi connectivity index (χ1n) is 15.4. The van der Waals surface area contributed by atoms with E-state index in [-0.39, 0.29) is 35.5 Å². The average Bonchev–Trinajstić information content (AvgIpc) is 3.75. The van der Waals surface area contributed by atoms with Crippen LogP contribution in [0.15, 0.2) is 12.2 Å². The van der Waals surface area contributed by atoms with Crippen LogP contribution in [0.3, 0.4) is 0 Å². The highest BCUT2D eigenvalue weighted by Gasteiger charge is 2.25. The van der Waals surface area contributed by atoms with E-state index < -0.39 is 0 Å². The maximum atomic E-state index is 14.4. The fourth-order valence-electron chi connectivity index (χ4n) is 2.91. The topological polar surface area (TPSA) is 90.6 Å². The molecule has 236 valence electrons. The van der Waals surface area contributed by atoms with Gasteiger partial charge in [-0.05, 0) is 49.7 Å². The van der Waals surface area contributed by atoms with E-state index in [0.717, 1.165) is 50.5 Å². The lowest BCUT2D eigenvalue weighted by Gasteiger charge is -2.28. The number of unbranched alkanes of at least 4 members (excludes halogenated alkanes) is 2. The van der Waals surface area contributed by atoms with Crippen LogP contribution in [0.5, 0.6) is 0 Å². The molecule has 0 aliphatic heterocycles. The van der Waals surface area contributed by atoms with Gasteiger partial charge in [-0.2, -0.15) is 0 Å². The van der Waals surface area contributed by atoms with Gasteiger partial charge in [0, 0.05) is 6.42 Å². The van der Waals surface area contributed by atoms with Crippen LogP contribution < -0.4 is 11.9 Å². The van der Waals surface area contributed by atoms with Crippen LogP contribution in [0.25, 0.3) is 0 Å². The number of halogens is 1. The van der Waals surface area contributed by atoms with Crippen LogP contribution in [-0.2, 0) is 9.63 Å². The maximum Gasteiger partial charge on any atom is 0.146 e. The summed E-state index contributed by atoms with van der Waals surface area (Å²) in [5.74, 6) is 2.65. The van der Waals surface area contributed by atoms with Crippen molar-refractivity contribution in [3.8, 4) is 12.3 Å². The molecule has 0 spiro atoms. The Kier molecular flexibility index (Phi) is 40.2. The third kappa shape index (κ3) is 34.7. The van der Waals surface area contributed by atoms with Crippen molar-refractivity contribution >= 4 is 5.78 Å². The van der Waals surface area contributed by atoms with Gasteiger partial charge in [0.15, 0.2) is 0 Å². The SMILES string of the molecule is C#CCCCC(C(=C)CC)N(F)OC(CCC)CCCC.C1CC1.CC.CC(=O)C(N)C(C)(C)C.CCC.N. The molecule has 3 atom stereocenters. The molecule has 0 aromatic carbocycles. The van der Waals surface area contributed by atoms with Crippen molar-refractivity contribution in [3.05, 3.63) is 12.2 Å². The summed E-state index contributed by atoms with van der Waals surface area (Å²) < 4.78 is 14.4. The molecule has 0 radical (unpaired) electrons. The van der Waals surface area contributed by atoms with Crippen molar-refractivity contribution in [2.75, 3.05) is 0 Å². The van der Waals surface area contributed by atoms with Crippen LogP contribution in [0.1, 0.15) is 160 Å². The summed E-state index contributed by atoms with van der Waals surface area (Å²) >= 11 is 0. The minimum atomic E-state index is -0.385. The number of Topliss-reactive ketones (excluding diaryl/α,β-unsaturated/α-hetero) is 1. The minimum Gasteiger partial charge on any atom is -0.344 e. The van der Waals surface area contributed by atoms with E-state index >= 15 is 0 Å². The van der Waals surface area contributed by atoms with Gasteiger partial charge in [-0.1, -0.05) is 126 Å². The van der Waals surface area contributed by atoms with Gasteiger partial charge in [0.25, 0.3) is 0 Å². The van der Waals surface area contributed by atoms with Gasteiger partial charge in [-0.15, -0.1) is 16.8 Å². The normalized spacial score (nSPS) is 13.5. The molecule has 5 nitrogen and oxygen atoms in total. The van der Waals surface area contributed by atoms with Crippen molar-refractivity contribution < 1.29 is 14.1 Å². The van der Waals surface area contributed by atoms with Gasteiger partial charge >= 0.3 is 0 Å². The molecule has 1 saturated carbocycles. The molecule has 0 amide bonds. The van der Waals surface area contributed by atoms with Gasteiger partial charge < -0.3 is 11.9 Å². The van der Waals surface area contributed by atoms with E-state index in [0.29, 0.717) is 18.1 Å². The van der Waals surface area contributed by atoms with Crippen LogP contribution in [0.2, 0.25) is 0 Å². The third-order valence-corrected chi connectivity index (χ3v) is 5.43. The molecule has 0 aromatic heterocycles. The molecule has 1 fully saturated rings. The van der Waals surface area contributed by atoms with E-state index in [9.17, 15) is 9.28 Å². The van der Waals surface area contributed by atoms with Gasteiger partial charge in [0.05, 0.1) is 18.2 Å². The first kappa shape index (κ1) is 47.5. The number of rotatable bonds is 14. The quantitative estimate of drug-likeness (QED) is 0.0726. The fourth-order valence-corrected chi connectivity index (χ4v) is 2.91. The predicted molar refractivity (Wildman–Crippen MR) is 172 cm³/mol. The fraction of sp³-hybridized carbons (Fsp3) is 0.848. The smallest absolute Gasteiger partial charge is 0.146 e. The molecule has 6 heteroatoms. The zero-order valence-corrected chi connectivity index (χ0v) is 28.1. The predicted octanol–water partition coefficient (Wildman–Crippen LogP) is 10.3. The summed E-state index contributed by atoms with van der Waals surface area (Å²) in [6, 6.07) is -0.707. The number of nitrogens with two attached hydrogens (primary N) is 1. The molecular weight excluding hydrogens is 489 g/mol. The van der Waals surface area contributed by atoms with Gasteiger partial charge in [-0.25, -0.2) is 0 Å². The second kappa shape index (κ2) is 32.9. The second-order valence-electron chi connectivity index (χ2n) is 10.8. The number of hydroxylamine groups is 1. The standard InChI is InChI=1S/C18H32FNO.C7H15NO.C3H6.C3H8.C2H6.H3N/c1-6-10-12-15-18(16(5)9-4)20(19)21-17(13-8-3)14-11-7-2;1-5(9)6(8)7(2,3)4;1-2-3-1;1-3-2;1-2;/h1,17-18H,5,7-15H2,2-4H3;6H,8H2,1-4H3;1-3H2;3H2,1-2H3;1-2H3;1H3. The molecule has 0 saturated heterocycles. The number of hydrogen-bond acceptors (Lipinski definition) is 5. The third-order valence-electron chi connectivity index (χ3n) is 5.43. The number of hydrogen-bond donors (Lipinski definition) is 2. The molecule has 0 aromatic rings. The number of nitrogens with zero attached hydrogens (tertiary/aromatic N) is 1. The Morgan fingerprint density at radius 3 is 1.79 bits per heavy atom. The van der Waals surface area contributed by atoms with Crippen LogP contribution in [0.4, 0.5) is 4.48 Å². The number of carbonyl (C=O) groups excluding carboxylic acids is 1. The zero-order valence-electron chi connectivity index (χ0n) is 28.1. The maximum absolute atomic E-state index is 14.4. The lowest BCUT2D eigenvalue weighted by Crippen LogP contribution is -2.40. The van der Waals surface area contributed by atoms with E-state index in [2.05, 4.69) is 40.2 Å². The van der Waals surface area contributed by atoms with Crippen molar-refractivity contribution in [3.63, 3.8) is 0 Å². The summed E-state index contributed by atoms with van der Waals surface area (Å²) in [5, 5.41) is 0.540. The average molecular weight is 560 g/mol. The molecule has 0 bridgehead atoms. The molecule has 1 aliphatic carbocycles. The molecule has 0 heterocycles. The largest absolute Gasteiger partial charge is 0.344 e. The van der Waals surface area contributed by atoms with Crippen molar-refractivity contribution in [1.82, 2.24) is 11.4 Å². The summed E-state index contributed by atoms with van der Waals surface area (Å²) in [5.41, 5.74) is 6.31. The highest BCUT2D eigenvalue weighted by Crippen LogP contribution is 2.23. The Bertz CT molecular complexity index is 566. The van der Waals surface area contributed by atoms with Crippen molar-refractivity contribution in [2.45, 2.75) is 178 Å². The van der Waals surface area contributed by atoms with Crippen LogP contribution >= 0.6 is 0 Å². The summed E-state index contributed by atoms with van der Waals surface area (Å²) in [4.78, 5) is 16.2. The van der Waals surface area contributed by atoms with Crippen LogP contribution in [0, 0.1) is 17.8 Å². The van der Waals surface area contributed by atoms with E-state index in [1.165, 1.54) is 32.6 Å². The van der Waals surface area contributed by atoms with Gasteiger partial charge in [-0.3, -0.25) is 9.63 Å². The van der Waals surface area contributed by atoms with Gasteiger partial charge in [0.2, 0.25) is 0 Å². The molecule has 39 heavy (non-hydrogen) atoms. The summed E-state index contributed by atoms with van der Waals surface area (Å²) in [6.07, 6.45) is 18.8. The van der Waals surface area contributed by atoms with Gasteiger partial charge in [0.1, 0.15) is 5.78 Å². The number of carbonyl (C=O) groups is 1. The first-order valence-corrected chi connectivity index (χ1v) is 15.4. The lowest BCUT2D eigenvalue weighted by atomic mass is 9.85. The Morgan fingerprint density at radius 1 is 1.03 bits per heavy atom. The second-order valence-corrected chi connectivity index (χ2v) is 10.8. The minimum absolute atomic E-state index is 0. The van der Waals surface area contributed by atoms with Crippen molar-refractivity contribution in [1.29, 1.82) is 0 Å². The Morgan fingerprint density at radius 2 is 1.51 bits per heavy atom. The lowest BCUT2D eigenvalue weighted by molar-refractivity contribution is -0.324.